The van der Waals surface area contributed by atoms with Crippen LogP contribution >= 0.6 is 71.0 Å². The van der Waals surface area contributed by atoms with E-state index in [9.17, 15) is 9.59 Å². The number of rotatable bonds is 8. The molecule has 0 saturated carbocycles. The fourth-order valence-corrected chi connectivity index (χ4v) is 12.2. The topological polar surface area (TPSA) is 281 Å². The maximum absolute atomic E-state index is 12.2. The first kappa shape index (κ1) is 81.5. The number of anilines is 4. The minimum atomic E-state index is -1.01. The standard InChI is InChI=1S/C25H25N5O.C18H18BrN3.2C12H13BrClN3.C7H7BN2O.C6H14O2/c1-25(2,3)30-23-21(15-8-5-4-6-9-15)28-19-11-7-10-16(22(19)29-23)20-14-17-18(27-20)12-13-26-24(17)31;1-18(2,3)22-17-15(12-8-5-4-6-9-12)20-14-11-7-10-13(19)16(14)21-17;1-12(2,3)17-11-10(14)16-9-7(13)5-4-6-8(9)15-11;1-12(2,3)17-11-10(14)15-8-6-4-5-7(13)9(8)16-11;8-6-3-4-5(10-6)1-2-9-7(4)11;1-5(2,7)6(3,4)8/h4-11,14,27H,12-13H2,1-3H3,(H,26,31)(H,29,30);4-11H,1-3H3,(H,21,22);4-6H,1-3H3,(H,15,17);4-6H,1-3H3,(H,16,17);3,10H,1-2H2,(H,9,11);7-8H,1-4H3. The van der Waals surface area contributed by atoms with Crippen LogP contribution < -0.4 is 37.5 Å². The predicted molar refractivity (Wildman–Crippen MR) is 446 cm³/mol. The largest absolute Gasteiger partial charge is 0.387 e. The molecule has 0 saturated heterocycles. The van der Waals surface area contributed by atoms with Crippen LogP contribution in [0.25, 0.3) is 77.9 Å². The van der Waals surface area contributed by atoms with Gasteiger partial charge in [-0.15, -0.1) is 0 Å². The number of nitrogens with one attached hydrogen (secondary N) is 8. The van der Waals surface area contributed by atoms with E-state index in [2.05, 4.69) is 205 Å². The number of para-hydroxylation sites is 4. The van der Waals surface area contributed by atoms with Crippen molar-refractivity contribution in [2.24, 2.45) is 0 Å². The van der Waals surface area contributed by atoms with Gasteiger partial charge in [0.25, 0.3) is 11.8 Å². The molecule has 0 unspecified atom stereocenters. The van der Waals surface area contributed by atoms with Crippen molar-refractivity contribution in [2.45, 2.75) is 157 Å². The zero-order valence-electron chi connectivity index (χ0n) is 62.4. The Kier molecular flexibility index (Phi) is 25.9. The van der Waals surface area contributed by atoms with E-state index < -0.39 is 11.2 Å². The van der Waals surface area contributed by atoms with Gasteiger partial charge in [0.05, 0.1) is 44.4 Å². The van der Waals surface area contributed by atoms with Crippen LogP contribution in [0.2, 0.25) is 10.3 Å². The molecule has 14 rings (SSSR count). The van der Waals surface area contributed by atoms with Crippen LogP contribution in [0.4, 0.5) is 23.3 Å². The SMILES string of the molecule is CC(C)(C)Nc1nc2c(-c3cc4c([nH]3)CCNC4=O)cccc2nc1-c1ccccc1.CC(C)(C)Nc1nc2c(Br)cccc2nc1-c1ccccc1.CC(C)(C)Nc1nc2c(Br)cccc2nc1Cl.CC(C)(C)Nc1nc2cccc(Br)c2nc1Cl.CC(C)(O)C(C)(C)O.[B]c1cc2c([nH]1)CCNC2=O. The van der Waals surface area contributed by atoms with E-state index in [1.807, 2.05) is 127 Å². The van der Waals surface area contributed by atoms with Crippen LogP contribution in [0.5, 0.6) is 0 Å². The molecule has 2 aliphatic heterocycles. The van der Waals surface area contributed by atoms with E-state index in [1.165, 1.54) is 0 Å². The third-order valence-electron chi connectivity index (χ3n) is 16.0. The summed E-state index contributed by atoms with van der Waals surface area (Å²) in [7, 11) is 5.48. The van der Waals surface area contributed by atoms with Gasteiger partial charge in [-0.05, 0) is 219 Å². The molecule has 0 fully saturated rings. The molecule has 0 spiro atoms. The van der Waals surface area contributed by atoms with Crippen LogP contribution in [0, 0.1) is 0 Å². The Balaban J connectivity index is 0.000000154. The highest BCUT2D eigenvalue weighted by Crippen LogP contribution is 2.37. The highest BCUT2D eigenvalue weighted by Gasteiger charge is 2.32. The first-order valence-corrected chi connectivity index (χ1v) is 37.7. The third kappa shape index (κ3) is 22.0. The van der Waals surface area contributed by atoms with Crippen LogP contribution in [0.1, 0.15) is 143 Å². The van der Waals surface area contributed by atoms with Gasteiger partial charge in [0.1, 0.15) is 41.3 Å². The zero-order chi connectivity index (χ0) is 77.4. The number of hydrogen-bond acceptors (Lipinski definition) is 16. The summed E-state index contributed by atoms with van der Waals surface area (Å²) >= 11 is 22.7. The minimum Gasteiger partial charge on any atom is -0.387 e. The smallest absolute Gasteiger partial charge is 0.253 e. The second kappa shape index (κ2) is 33.7. The normalized spacial score (nSPS) is 12.9. The van der Waals surface area contributed by atoms with Crippen molar-refractivity contribution in [3.05, 3.63) is 192 Å². The van der Waals surface area contributed by atoms with Gasteiger partial charge in [-0.1, -0.05) is 114 Å². The molecule has 20 nitrogen and oxygen atoms in total. The maximum atomic E-state index is 12.2. The molecule has 6 aromatic carbocycles. The highest BCUT2D eigenvalue weighted by molar-refractivity contribution is 9.11. The molecule has 0 atom stereocenters. The summed E-state index contributed by atoms with van der Waals surface area (Å²) in [6.45, 7) is 32.6. The molecule has 10 N–H and O–H groups in total. The third-order valence-corrected chi connectivity index (χ3v) is 18.5. The van der Waals surface area contributed by atoms with Crippen molar-refractivity contribution in [1.82, 2.24) is 60.5 Å². The van der Waals surface area contributed by atoms with E-state index in [0.717, 1.165) is 127 Å². The molecular formula is C80H90BBr3Cl2N16O4. The second-order valence-corrected chi connectivity index (χ2v) is 33.9. The Hall–Kier alpha value is -8.62. The number of carbonyl (C=O) groups is 2. The molecule has 26 heteroatoms. The summed E-state index contributed by atoms with van der Waals surface area (Å²) in [6.07, 6.45) is 1.64. The van der Waals surface area contributed by atoms with E-state index in [-0.39, 0.29) is 34.0 Å². The lowest BCUT2D eigenvalue weighted by molar-refractivity contribution is -0.107. The number of H-pyrrole nitrogens is 2. The first-order valence-electron chi connectivity index (χ1n) is 34.5. The van der Waals surface area contributed by atoms with Crippen LogP contribution in [0.15, 0.2) is 159 Å². The number of amides is 2. The first-order chi connectivity index (χ1) is 49.6. The van der Waals surface area contributed by atoms with Gasteiger partial charge in [-0.2, -0.15) is 0 Å². The molecule has 2 radical (unpaired) electrons. The molecule has 2 aliphatic rings. The molecule has 552 valence electrons. The number of nitrogens with zero attached hydrogens (tertiary/aromatic N) is 8. The Bertz CT molecular complexity index is 5110. The average molecular weight is 1660 g/mol. The molecule has 0 aliphatic carbocycles. The lowest BCUT2D eigenvalue weighted by Crippen LogP contribution is -2.44. The molecule has 0 bridgehead atoms. The summed E-state index contributed by atoms with van der Waals surface area (Å²) in [5, 5.41) is 38.1. The highest BCUT2D eigenvalue weighted by atomic mass is 79.9. The number of carbonyl (C=O) groups excluding carboxylic acids is 2. The molecule has 106 heavy (non-hydrogen) atoms. The number of aromatic nitrogens is 10. The molecular weight excluding hydrogens is 1570 g/mol. The van der Waals surface area contributed by atoms with Gasteiger partial charge >= 0.3 is 0 Å². The summed E-state index contributed by atoms with van der Waals surface area (Å²) in [4.78, 5) is 67.1. The Labute approximate surface area is 656 Å². The van der Waals surface area contributed by atoms with Crippen molar-refractivity contribution in [2.75, 3.05) is 34.4 Å². The number of aromatic amines is 2. The lowest BCUT2D eigenvalue weighted by Gasteiger charge is -2.31. The molecule has 8 heterocycles. The number of halogens is 5. The number of aliphatic hydroxyl groups is 2. The van der Waals surface area contributed by atoms with Gasteiger partial charge in [-0.3, -0.25) is 9.59 Å². The fourth-order valence-electron chi connectivity index (χ4n) is 10.5. The number of fused-ring (bicyclic) bond motifs is 6. The Morgan fingerprint density at radius 3 is 1.17 bits per heavy atom. The second-order valence-electron chi connectivity index (χ2n) is 30.6. The molecule has 6 aromatic heterocycles. The van der Waals surface area contributed by atoms with Crippen LogP contribution in [-0.4, -0.2) is 126 Å². The predicted octanol–water partition coefficient (Wildman–Crippen LogP) is 18.2. The van der Waals surface area contributed by atoms with Crippen molar-refractivity contribution < 1.29 is 19.8 Å². The minimum absolute atomic E-state index is 0.0285. The maximum Gasteiger partial charge on any atom is 0.253 e. The van der Waals surface area contributed by atoms with Gasteiger partial charge in [0, 0.05) is 95.3 Å². The Morgan fingerprint density at radius 1 is 0.396 bits per heavy atom. The van der Waals surface area contributed by atoms with Gasteiger partial charge in [-0.25, -0.2) is 39.9 Å². The van der Waals surface area contributed by atoms with E-state index >= 15 is 0 Å². The van der Waals surface area contributed by atoms with Gasteiger partial charge in [0.2, 0.25) is 0 Å². The van der Waals surface area contributed by atoms with E-state index in [0.29, 0.717) is 51.8 Å². The van der Waals surface area contributed by atoms with Crippen molar-refractivity contribution in [1.29, 1.82) is 0 Å². The van der Waals surface area contributed by atoms with Gasteiger partial charge < -0.3 is 52.1 Å². The lowest BCUT2D eigenvalue weighted by atomic mass is 9.90. The number of hydrogen-bond donors (Lipinski definition) is 10. The van der Waals surface area contributed by atoms with Gasteiger partial charge in [0.15, 0.2) is 33.6 Å². The summed E-state index contributed by atoms with van der Waals surface area (Å²) in [6, 6.07) is 47.3. The van der Waals surface area contributed by atoms with E-state index in [1.54, 1.807) is 33.8 Å². The van der Waals surface area contributed by atoms with Crippen molar-refractivity contribution in [3.8, 4) is 33.8 Å². The quantitative estimate of drug-likeness (QED) is 0.0633. The molecule has 2 amide bonds. The van der Waals surface area contributed by atoms with Crippen LogP contribution in [0.3, 0.4) is 0 Å². The fraction of sp³-hybridized carbons (Fsp3) is 0.325. The van der Waals surface area contributed by atoms with E-state index in [4.69, 9.17) is 61.2 Å². The molecule has 12 aromatic rings. The number of benzene rings is 6. The zero-order valence-corrected chi connectivity index (χ0v) is 68.7. The van der Waals surface area contributed by atoms with Crippen molar-refractivity contribution in [3.63, 3.8) is 0 Å². The summed E-state index contributed by atoms with van der Waals surface area (Å²) in [5.41, 5.74) is 13.5. The van der Waals surface area contributed by atoms with Crippen LogP contribution in [-0.2, 0) is 12.8 Å². The summed E-state index contributed by atoms with van der Waals surface area (Å²) in [5.74, 6) is 2.71. The average Bonchev–Trinajstić information content (AvgIpc) is 1.53. The monoisotopic (exact) mass is 1660 g/mol. The Morgan fingerprint density at radius 2 is 0.745 bits per heavy atom. The summed E-state index contributed by atoms with van der Waals surface area (Å²) < 4.78 is 2.76. The van der Waals surface area contributed by atoms with Crippen molar-refractivity contribution >= 4 is 164 Å².